The fourth-order valence-corrected chi connectivity index (χ4v) is 4.51. The number of rotatable bonds is 5. The van der Waals surface area contributed by atoms with Crippen molar-refractivity contribution in [2.75, 3.05) is 11.9 Å². The number of benzene rings is 2. The molecule has 178 valence electrons. The van der Waals surface area contributed by atoms with Crippen LogP contribution in [0, 0.1) is 17.1 Å². The Morgan fingerprint density at radius 2 is 2.06 bits per heavy atom. The van der Waals surface area contributed by atoms with Gasteiger partial charge in [-0.05, 0) is 75.2 Å². The second kappa shape index (κ2) is 8.64. The Labute approximate surface area is 202 Å². The fraction of sp³-hybridized carbons (Fsp3) is 0.308. The SMILES string of the molecule is CCn1c(=O)c2cnc(Nc3ccc4c(c3)CNCC4)nc2n1-c1ccc(F)c(C(C)(C)C#N)c1. The van der Waals surface area contributed by atoms with Gasteiger partial charge in [-0.2, -0.15) is 10.2 Å². The van der Waals surface area contributed by atoms with Crippen LogP contribution in [-0.2, 0) is 24.9 Å². The second-order valence-electron chi connectivity index (χ2n) is 9.20. The van der Waals surface area contributed by atoms with Gasteiger partial charge in [0.05, 0.1) is 17.2 Å². The van der Waals surface area contributed by atoms with Crippen LogP contribution in [0.2, 0.25) is 0 Å². The maximum absolute atomic E-state index is 14.6. The van der Waals surface area contributed by atoms with E-state index >= 15 is 0 Å². The lowest BCUT2D eigenvalue weighted by molar-refractivity contribution is 0.554. The lowest BCUT2D eigenvalue weighted by Gasteiger charge is -2.19. The normalized spacial score (nSPS) is 13.5. The van der Waals surface area contributed by atoms with Gasteiger partial charge < -0.3 is 10.6 Å². The molecule has 0 unspecified atom stereocenters. The van der Waals surface area contributed by atoms with Crippen LogP contribution in [0.5, 0.6) is 0 Å². The number of nitriles is 1. The number of aromatic nitrogens is 4. The van der Waals surface area contributed by atoms with Crippen LogP contribution < -0.4 is 16.2 Å². The number of nitrogens with zero attached hydrogens (tertiary/aromatic N) is 5. The van der Waals surface area contributed by atoms with E-state index in [1.54, 1.807) is 30.7 Å². The summed E-state index contributed by atoms with van der Waals surface area (Å²) in [4.78, 5) is 22.1. The first-order valence-electron chi connectivity index (χ1n) is 11.6. The van der Waals surface area contributed by atoms with Gasteiger partial charge in [0.25, 0.3) is 5.56 Å². The Hall–Kier alpha value is -4.03. The summed E-state index contributed by atoms with van der Waals surface area (Å²) in [6, 6.07) is 12.8. The van der Waals surface area contributed by atoms with Crippen LogP contribution in [0.1, 0.15) is 37.5 Å². The van der Waals surface area contributed by atoms with Crippen LogP contribution in [0.3, 0.4) is 0 Å². The van der Waals surface area contributed by atoms with E-state index in [4.69, 9.17) is 0 Å². The topological polar surface area (TPSA) is 101 Å². The molecular formula is C26H26FN7O. The highest BCUT2D eigenvalue weighted by atomic mass is 19.1. The quantitative estimate of drug-likeness (QED) is 0.457. The van der Waals surface area contributed by atoms with Crippen molar-refractivity contribution in [3.8, 4) is 11.8 Å². The molecule has 0 saturated carbocycles. The molecule has 0 atom stereocenters. The average molecular weight is 472 g/mol. The molecule has 0 saturated heterocycles. The van der Waals surface area contributed by atoms with Crippen molar-refractivity contribution >= 4 is 22.7 Å². The molecule has 5 rings (SSSR count). The van der Waals surface area contributed by atoms with E-state index in [2.05, 4.69) is 38.8 Å². The molecule has 0 amide bonds. The van der Waals surface area contributed by atoms with E-state index in [-0.39, 0.29) is 11.1 Å². The van der Waals surface area contributed by atoms with Crippen LogP contribution in [-0.4, -0.2) is 25.9 Å². The Balaban J connectivity index is 1.62. The third kappa shape index (κ3) is 3.96. The van der Waals surface area contributed by atoms with E-state index < -0.39 is 11.2 Å². The molecule has 2 N–H and O–H groups in total. The summed E-state index contributed by atoms with van der Waals surface area (Å²) in [6.07, 6.45) is 2.51. The number of hydrogen-bond donors (Lipinski definition) is 2. The highest BCUT2D eigenvalue weighted by Crippen LogP contribution is 2.28. The Bertz CT molecular complexity index is 1540. The third-order valence-electron chi connectivity index (χ3n) is 6.47. The summed E-state index contributed by atoms with van der Waals surface area (Å²) in [6.45, 7) is 7.35. The minimum atomic E-state index is -1.04. The molecule has 1 aliphatic rings. The van der Waals surface area contributed by atoms with Gasteiger partial charge in [-0.25, -0.2) is 18.7 Å². The molecule has 0 bridgehead atoms. The fourth-order valence-electron chi connectivity index (χ4n) is 4.51. The number of halogens is 1. The van der Waals surface area contributed by atoms with Gasteiger partial charge in [-0.15, -0.1) is 0 Å². The summed E-state index contributed by atoms with van der Waals surface area (Å²) in [5.74, 6) is -0.121. The zero-order valence-corrected chi connectivity index (χ0v) is 19.9. The number of hydrogen-bond acceptors (Lipinski definition) is 6. The van der Waals surface area contributed by atoms with Crippen molar-refractivity contribution in [1.82, 2.24) is 24.6 Å². The monoisotopic (exact) mass is 471 g/mol. The zero-order chi connectivity index (χ0) is 24.7. The first-order valence-corrected chi connectivity index (χ1v) is 11.6. The largest absolute Gasteiger partial charge is 0.324 e. The second-order valence-corrected chi connectivity index (χ2v) is 9.20. The molecule has 1 aliphatic heterocycles. The van der Waals surface area contributed by atoms with Gasteiger partial charge in [0, 0.05) is 30.5 Å². The van der Waals surface area contributed by atoms with Crippen molar-refractivity contribution in [2.24, 2.45) is 0 Å². The van der Waals surface area contributed by atoms with Gasteiger partial charge in [-0.1, -0.05) is 6.07 Å². The first-order chi connectivity index (χ1) is 16.8. The van der Waals surface area contributed by atoms with Crippen LogP contribution in [0.15, 0.2) is 47.4 Å². The van der Waals surface area contributed by atoms with E-state index in [9.17, 15) is 14.4 Å². The molecule has 0 aliphatic carbocycles. The maximum atomic E-state index is 14.6. The van der Waals surface area contributed by atoms with E-state index in [1.165, 1.54) is 28.1 Å². The summed E-state index contributed by atoms with van der Waals surface area (Å²) < 4.78 is 17.8. The van der Waals surface area contributed by atoms with E-state index in [1.807, 2.05) is 13.0 Å². The van der Waals surface area contributed by atoms with Gasteiger partial charge >= 0.3 is 0 Å². The van der Waals surface area contributed by atoms with Crippen molar-refractivity contribution in [2.45, 2.75) is 45.7 Å². The van der Waals surface area contributed by atoms with Gasteiger partial charge in [0.2, 0.25) is 5.95 Å². The lowest BCUT2D eigenvalue weighted by atomic mass is 9.86. The predicted molar refractivity (Wildman–Crippen MR) is 133 cm³/mol. The van der Waals surface area contributed by atoms with Crippen molar-refractivity contribution in [3.63, 3.8) is 0 Å². The summed E-state index contributed by atoms with van der Waals surface area (Å²) in [5, 5.41) is 16.5. The number of fused-ring (bicyclic) bond motifs is 2. The molecule has 9 heteroatoms. The molecule has 35 heavy (non-hydrogen) atoms. The highest BCUT2D eigenvalue weighted by Gasteiger charge is 2.26. The van der Waals surface area contributed by atoms with Crippen molar-refractivity contribution < 1.29 is 4.39 Å². The van der Waals surface area contributed by atoms with E-state index in [0.29, 0.717) is 29.2 Å². The maximum Gasteiger partial charge on any atom is 0.278 e. The van der Waals surface area contributed by atoms with Crippen LogP contribution in [0.25, 0.3) is 16.7 Å². The molecule has 2 aromatic carbocycles. The molecular weight excluding hydrogens is 445 g/mol. The summed E-state index contributed by atoms with van der Waals surface area (Å²) in [5.41, 5.74) is 3.34. The van der Waals surface area contributed by atoms with E-state index in [0.717, 1.165) is 25.2 Å². The van der Waals surface area contributed by atoms with Crippen molar-refractivity contribution in [1.29, 1.82) is 5.26 Å². The molecule has 0 fully saturated rings. The molecule has 0 spiro atoms. The Kier molecular flexibility index (Phi) is 5.61. The highest BCUT2D eigenvalue weighted by molar-refractivity contribution is 5.77. The number of anilines is 2. The predicted octanol–water partition coefficient (Wildman–Crippen LogP) is 3.93. The van der Waals surface area contributed by atoms with Crippen LogP contribution in [0.4, 0.5) is 16.0 Å². The standard InChI is InChI=1S/C26H26FN7O/c1-4-33-24(35)20-14-30-25(31-18-6-5-16-9-10-29-13-17(16)11-18)32-23(20)34(33)19-7-8-22(27)21(12-19)26(2,3)15-28/h5-8,11-12,14,29H,4,9-10,13H2,1-3H3,(H,30,31,32). The Morgan fingerprint density at radius 3 is 2.83 bits per heavy atom. The molecule has 2 aromatic heterocycles. The minimum absolute atomic E-state index is 0.237. The van der Waals surface area contributed by atoms with Gasteiger partial charge in [0.15, 0.2) is 5.65 Å². The average Bonchev–Trinajstić information content (AvgIpc) is 3.15. The van der Waals surface area contributed by atoms with Crippen molar-refractivity contribution in [3.05, 3.63) is 75.5 Å². The summed E-state index contributed by atoms with van der Waals surface area (Å²) >= 11 is 0. The molecule has 8 nitrogen and oxygen atoms in total. The first kappa shape index (κ1) is 22.7. The lowest BCUT2D eigenvalue weighted by Crippen LogP contribution is -2.23. The zero-order valence-electron chi connectivity index (χ0n) is 19.9. The molecule has 4 aromatic rings. The van der Waals surface area contributed by atoms with Crippen LogP contribution >= 0.6 is 0 Å². The summed E-state index contributed by atoms with van der Waals surface area (Å²) in [7, 11) is 0. The molecule has 0 radical (unpaired) electrons. The van der Waals surface area contributed by atoms with Gasteiger partial charge in [0.1, 0.15) is 11.2 Å². The number of nitrogens with one attached hydrogen (secondary N) is 2. The smallest absolute Gasteiger partial charge is 0.278 e. The minimum Gasteiger partial charge on any atom is -0.324 e. The Morgan fingerprint density at radius 1 is 1.23 bits per heavy atom. The third-order valence-corrected chi connectivity index (χ3v) is 6.47. The molecule has 3 heterocycles. The van der Waals surface area contributed by atoms with Gasteiger partial charge in [-0.3, -0.25) is 4.79 Å².